The molecule has 0 aliphatic heterocycles. The molecule has 0 radical (unpaired) electrons. The van der Waals surface area contributed by atoms with Gasteiger partial charge in [-0.2, -0.15) is 0 Å². The number of phenols is 2. The first kappa shape index (κ1) is 13.1. The Morgan fingerprint density at radius 2 is 1.74 bits per heavy atom. The van der Waals surface area contributed by atoms with Gasteiger partial charge in [0.05, 0.1) is 5.56 Å². The number of aromatic hydroxyl groups is 2. The van der Waals surface area contributed by atoms with Gasteiger partial charge < -0.3 is 10.2 Å². The van der Waals surface area contributed by atoms with Gasteiger partial charge in [-0.3, -0.25) is 4.79 Å². The minimum Gasteiger partial charge on any atom is -0.508 e. The normalized spacial score (nSPS) is 10.4. The molecular weight excluding hydrogens is 240 g/mol. The Hall–Kier alpha value is -2.29. The highest BCUT2D eigenvalue weighted by atomic mass is 16.3. The molecule has 0 aliphatic rings. The number of rotatable bonds is 3. The number of carbonyl (C=O) groups is 1. The predicted molar refractivity (Wildman–Crippen MR) is 73.7 cm³/mol. The monoisotopic (exact) mass is 256 g/mol. The molecule has 0 spiro atoms. The topological polar surface area (TPSA) is 57.5 Å². The molecule has 98 valence electrons. The average Bonchev–Trinajstić information content (AvgIpc) is 2.39. The second-order valence-corrected chi connectivity index (χ2v) is 4.63. The number of Topliss-reactive ketones (excluding diaryl/α,β-unsaturated/α-hetero) is 1. The Morgan fingerprint density at radius 1 is 1.05 bits per heavy atom. The highest BCUT2D eigenvalue weighted by molar-refractivity contribution is 6.00. The standard InChI is InChI=1S/C16H16O3/c1-10-5-3-4-6-12(10)9-15(18)13-7-8-14(17)11(2)16(13)19/h3-8,17,19H,9H2,1-2H3. The lowest BCUT2D eigenvalue weighted by atomic mass is 9.97. The molecule has 0 saturated carbocycles. The quantitative estimate of drug-likeness (QED) is 0.829. The number of carbonyl (C=O) groups excluding carboxylic acids is 1. The van der Waals surface area contributed by atoms with E-state index < -0.39 is 0 Å². The van der Waals surface area contributed by atoms with Gasteiger partial charge in [0.15, 0.2) is 5.78 Å². The van der Waals surface area contributed by atoms with Crippen molar-refractivity contribution in [2.24, 2.45) is 0 Å². The fourth-order valence-electron chi connectivity index (χ4n) is 1.99. The largest absolute Gasteiger partial charge is 0.508 e. The van der Waals surface area contributed by atoms with Crippen molar-refractivity contribution in [2.75, 3.05) is 0 Å². The lowest BCUT2D eigenvalue weighted by molar-refractivity contribution is 0.0990. The second-order valence-electron chi connectivity index (χ2n) is 4.63. The number of hydrogen-bond acceptors (Lipinski definition) is 3. The molecule has 2 aromatic carbocycles. The van der Waals surface area contributed by atoms with Crippen LogP contribution in [0.5, 0.6) is 11.5 Å². The van der Waals surface area contributed by atoms with Gasteiger partial charge in [-0.15, -0.1) is 0 Å². The lowest BCUT2D eigenvalue weighted by Crippen LogP contribution is -2.05. The van der Waals surface area contributed by atoms with E-state index in [4.69, 9.17) is 0 Å². The maximum atomic E-state index is 12.2. The minimum atomic E-state index is -0.157. The summed E-state index contributed by atoms with van der Waals surface area (Å²) in [6, 6.07) is 10.5. The highest BCUT2D eigenvalue weighted by Gasteiger charge is 2.16. The molecule has 2 rings (SSSR count). The average molecular weight is 256 g/mol. The van der Waals surface area contributed by atoms with Gasteiger partial charge in [0, 0.05) is 12.0 Å². The summed E-state index contributed by atoms with van der Waals surface area (Å²) in [7, 11) is 0. The van der Waals surface area contributed by atoms with Crippen molar-refractivity contribution in [3.63, 3.8) is 0 Å². The molecular formula is C16H16O3. The number of aryl methyl sites for hydroxylation is 1. The summed E-state index contributed by atoms with van der Waals surface area (Å²) in [6.07, 6.45) is 0.241. The summed E-state index contributed by atoms with van der Waals surface area (Å²) >= 11 is 0. The molecule has 0 bridgehead atoms. The summed E-state index contributed by atoms with van der Waals surface area (Å²) in [5.41, 5.74) is 2.57. The van der Waals surface area contributed by atoms with Gasteiger partial charge in [0.25, 0.3) is 0 Å². The van der Waals surface area contributed by atoms with Crippen LogP contribution < -0.4 is 0 Å². The van der Waals surface area contributed by atoms with Crippen molar-refractivity contribution in [2.45, 2.75) is 20.3 Å². The van der Waals surface area contributed by atoms with Crippen LogP contribution in [-0.4, -0.2) is 16.0 Å². The van der Waals surface area contributed by atoms with E-state index >= 15 is 0 Å². The third-order valence-electron chi connectivity index (χ3n) is 3.32. The van der Waals surface area contributed by atoms with Crippen LogP contribution >= 0.6 is 0 Å². The molecule has 2 N–H and O–H groups in total. The molecule has 0 heterocycles. The maximum Gasteiger partial charge on any atom is 0.170 e. The zero-order valence-electron chi connectivity index (χ0n) is 11.0. The van der Waals surface area contributed by atoms with Crippen LogP contribution in [0.1, 0.15) is 27.0 Å². The van der Waals surface area contributed by atoms with Gasteiger partial charge in [0.2, 0.25) is 0 Å². The lowest BCUT2D eigenvalue weighted by Gasteiger charge is -2.09. The zero-order chi connectivity index (χ0) is 14.0. The molecule has 0 saturated heterocycles. The number of phenolic OH excluding ortho intramolecular Hbond substituents is 2. The van der Waals surface area contributed by atoms with Gasteiger partial charge in [-0.25, -0.2) is 0 Å². The summed E-state index contributed by atoms with van der Waals surface area (Å²) in [4.78, 5) is 12.2. The smallest absolute Gasteiger partial charge is 0.170 e. The summed E-state index contributed by atoms with van der Waals surface area (Å²) in [5.74, 6) is -0.307. The predicted octanol–water partition coefficient (Wildman–Crippen LogP) is 3.14. The third kappa shape index (κ3) is 2.60. The molecule has 2 aromatic rings. The van der Waals surface area contributed by atoms with Crippen molar-refractivity contribution >= 4 is 5.78 Å². The molecule has 0 atom stereocenters. The van der Waals surface area contributed by atoms with E-state index in [1.54, 1.807) is 6.92 Å². The molecule has 19 heavy (non-hydrogen) atoms. The maximum absolute atomic E-state index is 12.2. The van der Waals surface area contributed by atoms with Gasteiger partial charge in [-0.1, -0.05) is 24.3 Å². The molecule has 0 amide bonds. The van der Waals surface area contributed by atoms with Crippen molar-refractivity contribution in [1.29, 1.82) is 0 Å². The Bertz CT molecular complexity index is 630. The van der Waals surface area contributed by atoms with Crippen LogP contribution in [0.25, 0.3) is 0 Å². The van der Waals surface area contributed by atoms with E-state index in [1.807, 2.05) is 31.2 Å². The van der Waals surface area contributed by atoms with Gasteiger partial charge in [0.1, 0.15) is 11.5 Å². The Kier molecular flexibility index (Phi) is 3.56. The molecule has 0 fully saturated rings. The fraction of sp³-hybridized carbons (Fsp3) is 0.188. The van der Waals surface area contributed by atoms with Gasteiger partial charge >= 0.3 is 0 Å². The van der Waals surface area contributed by atoms with E-state index in [2.05, 4.69) is 0 Å². The zero-order valence-corrected chi connectivity index (χ0v) is 11.0. The minimum absolute atomic E-state index is 0.00931. The molecule has 0 aromatic heterocycles. The highest BCUT2D eigenvalue weighted by Crippen LogP contribution is 2.30. The van der Waals surface area contributed by atoms with Gasteiger partial charge in [-0.05, 0) is 37.1 Å². The number of hydrogen-bond donors (Lipinski definition) is 2. The molecule has 3 heteroatoms. The van der Waals surface area contributed by atoms with E-state index in [0.717, 1.165) is 11.1 Å². The summed E-state index contributed by atoms with van der Waals surface area (Å²) in [5, 5.41) is 19.4. The van der Waals surface area contributed by atoms with Crippen LogP contribution in [-0.2, 0) is 6.42 Å². The first-order valence-electron chi connectivity index (χ1n) is 6.10. The Morgan fingerprint density at radius 3 is 2.42 bits per heavy atom. The summed E-state index contributed by atoms with van der Waals surface area (Å²) in [6.45, 7) is 3.53. The second kappa shape index (κ2) is 5.14. The van der Waals surface area contributed by atoms with Crippen molar-refractivity contribution in [3.8, 4) is 11.5 Å². The van der Waals surface area contributed by atoms with Crippen molar-refractivity contribution in [1.82, 2.24) is 0 Å². The van der Waals surface area contributed by atoms with Crippen LogP contribution in [0.2, 0.25) is 0 Å². The SMILES string of the molecule is Cc1ccccc1CC(=O)c1ccc(O)c(C)c1O. The Balaban J connectivity index is 2.31. The summed E-state index contributed by atoms with van der Waals surface area (Å²) < 4.78 is 0. The first-order valence-corrected chi connectivity index (χ1v) is 6.10. The van der Waals surface area contributed by atoms with E-state index in [-0.39, 0.29) is 29.3 Å². The van der Waals surface area contributed by atoms with E-state index in [1.165, 1.54) is 12.1 Å². The third-order valence-corrected chi connectivity index (χ3v) is 3.32. The number of benzene rings is 2. The van der Waals surface area contributed by atoms with Crippen LogP contribution in [0.15, 0.2) is 36.4 Å². The number of ketones is 1. The van der Waals surface area contributed by atoms with Crippen LogP contribution in [0.4, 0.5) is 0 Å². The van der Waals surface area contributed by atoms with E-state index in [0.29, 0.717) is 5.56 Å². The van der Waals surface area contributed by atoms with E-state index in [9.17, 15) is 15.0 Å². The van der Waals surface area contributed by atoms with Crippen LogP contribution in [0, 0.1) is 13.8 Å². The fourth-order valence-corrected chi connectivity index (χ4v) is 1.99. The Labute approximate surface area is 112 Å². The van der Waals surface area contributed by atoms with Crippen molar-refractivity contribution in [3.05, 3.63) is 58.7 Å². The first-order chi connectivity index (χ1) is 9.00. The molecule has 0 aliphatic carbocycles. The van der Waals surface area contributed by atoms with Crippen LogP contribution in [0.3, 0.4) is 0 Å². The van der Waals surface area contributed by atoms with Crippen molar-refractivity contribution < 1.29 is 15.0 Å². The molecule has 0 unspecified atom stereocenters. The molecule has 3 nitrogen and oxygen atoms in total.